The summed E-state index contributed by atoms with van der Waals surface area (Å²) in [5.41, 5.74) is 2.23. The van der Waals surface area contributed by atoms with E-state index in [4.69, 9.17) is 19.4 Å². The summed E-state index contributed by atoms with van der Waals surface area (Å²) < 4.78 is 11.2. The molecule has 2 N–H and O–H groups in total. The van der Waals surface area contributed by atoms with Crippen molar-refractivity contribution < 1.29 is 29.0 Å². The molecule has 2 aliphatic rings. The fourth-order valence-corrected chi connectivity index (χ4v) is 3.50. The van der Waals surface area contributed by atoms with Crippen LogP contribution < -0.4 is 5.48 Å². The van der Waals surface area contributed by atoms with E-state index in [-0.39, 0.29) is 24.5 Å². The molecule has 4 atom stereocenters. The number of carboxylic acids is 1. The summed E-state index contributed by atoms with van der Waals surface area (Å²) in [7, 11) is 0. The third-order valence-electron chi connectivity index (χ3n) is 4.63. The first-order valence-electron chi connectivity index (χ1n) is 8.68. The number of fused-ring (bicyclic) bond motifs is 2. The van der Waals surface area contributed by atoms with Crippen LogP contribution in [-0.4, -0.2) is 42.6 Å². The third kappa shape index (κ3) is 5.49. The van der Waals surface area contributed by atoms with Gasteiger partial charge in [-0.2, -0.15) is 5.48 Å². The van der Waals surface area contributed by atoms with Crippen LogP contribution in [0.4, 0.5) is 4.79 Å². The Morgan fingerprint density at radius 3 is 2.71 bits per heavy atom. The predicted molar refractivity (Wildman–Crippen MR) is 86.2 cm³/mol. The fourth-order valence-electron chi connectivity index (χ4n) is 3.50. The highest BCUT2D eigenvalue weighted by molar-refractivity contribution is 5.66. The highest BCUT2D eigenvalue weighted by Crippen LogP contribution is 2.45. The van der Waals surface area contributed by atoms with Gasteiger partial charge < -0.3 is 14.6 Å². The van der Waals surface area contributed by atoms with Crippen LogP contribution >= 0.6 is 0 Å². The molecule has 0 aromatic carbocycles. The van der Waals surface area contributed by atoms with Crippen LogP contribution in [0.5, 0.6) is 0 Å². The number of carbonyl (C=O) groups is 2. The lowest BCUT2D eigenvalue weighted by Crippen LogP contribution is -2.33. The van der Waals surface area contributed by atoms with Crippen molar-refractivity contribution in [1.82, 2.24) is 5.48 Å². The quantitative estimate of drug-likeness (QED) is 0.360. The minimum absolute atomic E-state index is 0.167. The molecule has 7 heteroatoms. The Labute approximate surface area is 142 Å². The van der Waals surface area contributed by atoms with Crippen molar-refractivity contribution in [2.45, 2.75) is 57.7 Å². The molecule has 0 aromatic rings. The molecule has 7 nitrogen and oxygen atoms in total. The van der Waals surface area contributed by atoms with E-state index in [1.54, 1.807) is 6.92 Å². The van der Waals surface area contributed by atoms with Crippen molar-refractivity contribution in [3.63, 3.8) is 0 Å². The summed E-state index contributed by atoms with van der Waals surface area (Å²) in [5.74, 6) is -0.202. The molecule has 0 saturated carbocycles. The maximum absolute atomic E-state index is 11.5. The molecule has 2 rings (SSSR count). The van der Waals surface area contributed by atoms with E-state index < -0.39 is 12.1 Å². The molecule has 136 valence electrons. The molecule has 0 unspecified atom stereocenters. The summed E-state index contributed by atoms with van der Waals surface area (Å²) in [5, 5.41) is 8.61. The summed E-state index contributed by atoms with van der Waals surface area (Å²) in [4.78, 5) is 26.8. The first-order chi connectivity index (χ1) is 11.6. The van der Waals surface area contributed by atoms with Crippen LogP contribution in [-0.2, 0) is 19.1 Å². The smallest absolute Gasteiger partial charge is 0.431 e. The summed E-state index contributed by atoms with van der Waals surface area (Å²) >= 11 is 0. The average molecular weight is 341 g/mol. The normalized spacial score (nSPS) is 28.4. The first kappa shape index (κ1) is 18.7. The lowest BCUT2D eigenvalue weighted by atomic mass is 9.78. The van der Waals surface area contributed by atoms with E-state index in [0.29, 0.717) is 25.6 Å². The molecular formula is C17H27NO6. The Kier molecular flexibility index (Phi) is 7.52. The van der Waals surface area contributed by atoms with Gasteiger partial charge in [0, 0.05) is 12.3 Å². The number of unbranched alkanes of at least 4 members (excludes halogenated alkanes) is 1. The zero-order valence-electron chi connectivity index (χ0n) is 14.1. The molecule has 2 saturated heterocycles. The zero-order chi connectivity index (χ0) is 17.4. The number of rotatable bonds is 10. The number of hydrogen-bond acceptors (Lipinski definition) is 5. The van der Waals surface area contributed by atoms with Gasteiger partial charge in [0.1, 0.15) is 0 Å². The maximum Gasteiger partial charge on any atom is 0.431 e. The fraction of sp³-hybridized carbons (Fsp3) is 0.765. The number of allylic oxidation sites excluding steroid dienone is 2. The number of carbonyl (C=O) groups excluding carboxylic acids is 1. The zero-order valence-corrected chi connectivity index (χ0v) is 14.1. The largest absolute Gasteiger partial charge is 0.481 e. The van der Waals surface area contributed by atoms with Gasteiger partial charge in [0.25, 0.3) is 0 Å². The lowest BCUT2D eigenvalue weighted by Gasteiger charge is -2.26. The van der Waals surface area contributed by atoms with Gasteiger partial charge in [0.15, 0.2) is 0 Å². The second-order valence-electron chi connectivity index (χ2n) is 6.24. The number of carboxylic acid groups (broad SMARTS) is 1. The molecule has 2 heterocycles. The number of nitrogens with one attached hydrogen (secondary N) is 1. The highest BCUT2D eigenvalue weighted by atomic mass is 16.7. The van der Waals surface area contributed by atoms with Crippen molar-refractivity contribution in [3.05, 3.63) is 12.2 Å². The van der Waals surface area contributed by atoms with Gasteiger partial charge in [-0.3, -0.25) is 9.63 Å². The van der Waals surface area contributed by atoms with Gasteiger partial charge in [0.2, 0.25) is 0 Å². The van der Waals surface area contributed by atoms with Gasteiger partial charge in [-0.25, -0.2) is 4.79 Å². The summed E-state index contributed by atoms with van der Waals surface area (Å²) in [6, 6.07) is 0. The van der Waals surface area contributed by atoms with Crippen LogP contribution in [0.2, 0.25) is 0 Å². The Hall–Kier alpha value is -1.60. The predicted octanol–water partition coefficient (Wildman–Crippen LogP) is 2.66. The van der Waals surface area contributed by atoms with E-state index in [0.717, 1.165) is 25.7 Å². The monoisotopic (exact) mass is 341 g/mol. The van der Waals surface area contributed by atoms with Gasteiger partial charge >= 0.3 is 12.1 Å². The second-order valence-corrected chi connectivity index (χ2v) is 6.24. The van der Waals surface area contributed by atoms with Gasteiger partial charge in [-0.1, -0.05) is 12.2 Å². The van der Waals surface area contributed by atoms with Crippen LogP contribution in [0.3, 0.4) is 0 Å². The minimum atomic E-state index is -0.757. The Bertz CT molecular complexity index is 452. The Morgan fingerprint density at radius 2 is 2.00 bits per heavy atom. The first-order valence-corrected chi connectivity index (χ1v) is 8.68. The highest BCUT2D eigenvalue weighted by Gasteiger charge is 2.48. The Morgan fingerprint density at radius 1 is 1.25 bits per heavy atom. The van der Waals surface area contributed by atoms with Crippen molar-refractivity contribution in [2.24, 2.45) is 11.8 Å². The maximum atomic E-state index is 11.5. The Balaban J connectivity index is 1.74. The molecule has 1 amide bonds. The average Bonchev–Trinajstić information content (AvgIpc) is 3.15. The van der Waals surface area contributed by atoms with Crippen molar-refractivity contribution in [1.29, 1.82) is 0 Å². The second kappa shape index (κ2) is 9.64. The minimum Gasteiger partial charge on any atom is -0.481 e. The van der Waals surface area contributed by atoms with Crippen molar-refractivity contribution in [2.75, 3.05) is 13.2 Å². The molecule has 24 heavy (non-hydrogen) atoms. The number of aliphatic carboxylic acids is 1. The van der Waals surface area contributed by atoms with E-state index in [9.17, 15) is 9.59 Å². The molecule has 2 aliphatic heterocycles. The van der Waals surface area contributed by atoms with E-state index in [1.807, 2.05) is 6.08 Å². The molecule has 0 aromatic heterocycles. The molecule has 0 spiro atoms. The topological polar surface area (TPSA) is 94.1 Å². The number of hydrogen-bond donors (Lipinski definition) is 2. The van der Waals surface area contributed by atoms with E-state index in [1.165, 1.54) is 0 Å². The van der Waals surface area contributed by atoms with Crippen LogP contribution in [0, 0.1) is 11.8 Å². The van der Waals surface area contributed by atoms with Gasteiger partial charge in [-0.15, -0.1) is 0 Å². The van der Waals surface area contributed by atoms with Crippen LogP contribution in [0.15, 0.2) is 12.2 Å². The number of amides is 1. The molecule has 2 fully saturated rings. The summed E-state index contributed by atoms with van der Waals surface area (Å²) in [6.07, 6.45) is 8.55. The number of hydroxylamine groups is 1. The van der Waals surface area contributed by atoms with E-state index in [2.05, 4.69) is 11.6 Å². The van der Waals surface area contributed by atoms with Crippen molar-refractivity contribution in [3.8, 4) is 0 Å². The third-order valence-corrected chi connectivity index (χ3v) is 4.63. The molecule has 0 radical (unpaired) electrons. The van der Waals surface area contributed by atoms with E-state index >= 15 is 0 Å². The molecule has 0 aliphatic carbocycles. The summed E-state index contributed by atoms with van der Waals surface area (Å²) in [6.45, 7) is 2.50. The SMILES string of the molecule is CCONC(=O)OC[C@@H]1[C@@H](CC=CCCCC(=O)O)[C@H]2CC[C@@H]1O2. The lowest BCUT2D eigenvalue weighted by molar-refractivity contribution is -0.137. The standard InChI is InChI=1S/C17H27NO6/c1-2-23-18-17(21)22-11-13-12(14-9-10-15(13)24-14)7-5-3-4-6-8-16(19)20/h3,5,12-15H,2,4,6-11H2,1H3,(H,18,21)(H,19,20)/t12-,13-,14-,15+/m1/s1. The van der Waals surface area contributed by atoms with Crippen LogP contribution in [0.25, 0.3) is 0 Å². The van der Waals surface area contributed by atoms with Gasteiger partial charge in [0.05, 0.1) is 25.4 Å². The molecular weight excluding hydrogens is 314 g/mol. The molecule has 2 bridgehead atoms. The van der Waals surface area contributed by atoms with Crippen molar-refractivity contribution >= 4 is 12.1 Å². The van der Waals surface area contributed by atoms with Crippen LogP contribution in [0.1, 0.15) is 45.4 Å². The number of ether oxygens (including phenoxy) is 2. The van der Waals surface area contributed by atoms with Gasteiger partial charge in [-0.05, 0) is 44.9 Å².